The van der Waals surface area contributed by atoms with Gasteiger partial charge >= 0.3 is 0 Å². The number of hydrogen-bond donors (Lipinski definition) is 0. The number of rotatable bonds is 8. The number of fused-ring (bicyclic) bond motifs is 1. The molecule has 158 valence electrons. The number of benzene rings is 2. The van der Waals surface area contributed by atoms with Crippen molar-refractivity contribution >= 4 is 15.7 Å². The number of nitrogens with zero attached hydrogens (tertiary/aromatic N) is 1. The van der Waals surface area contributed by atoms with Gasteiger partial charge in [0.25, 0.3) is 10.0 Å². The summed E-state index contributed by atoms with van der Waals surface area (Å²) in [5.74, 6) is 0. The van der Waals surface area contributed by atoms with Crippen LogP contribution in [0.4, 0.5) is 5.69 Å². The van der Waals surface area contributed by atoms with Crippen molar-refractivity contribution in [3.05, 3.63) is 59.7 Å². The van der Waals surface area contributed by atoms with Crippen LogP contribution >= 0.6 is 0 Å². The van der Waals surface area contributed by atoms with Crippen molar-refractivity contribution in [1.82, 2.24) is 0 Å². The summed E-state index contributed by atoms with van der Waals surface area (Å²) in [5.41, 5.74) is 2.32. The van der Waals surface area contributed by atoms with E-state index in [-0.39, 0.29) is 31.1 Å². The van der Waals surface area contributed by atoms with Crippen molar-refractivity contribution in [2.75, 3.05) is 38.7 Å². The SMILES string of the molecule is COCO[C@@H]1c2ccccc2N(S(=O)(=O)c2ccc(C)cc2)CC[C@H]1OCOC. The fraction of sp³-hybridized carbons (Fsp3) is 0.429. The van der Waals surface area contributed by atoms with E-state index >= 15 is 0 Å². The Bertz CT molecular complexity index is 900. The van der Waals surface area contributed by atoms with E-state index in [4.69, 9.17) is 18.9 Å². The molecule has 3 rings (SSSR count). The van der Waals surface area contributed by atoms with Crippen molar-refractivity contribution < 1.29 is 27.4 Å². The van der Waals surface area contributed by atoms with Crippen LogP contribution < -0.4 is 4.31 Å². The van der Waals surface area contributed by atoms with Crippen LogP contribution in [0.1, 0.15) is 23.7 Å². The lowest BCUT2D eigenvalue weighted by Crippen LogP contribution is -2.33. The van der Waals surface area contributed by atoms with Crippen molar-refractivity contribution in [3.8, 4) is 0 Å². The van der Waals surface area contributed by atoms with Crippen molar-refractivity contribution in [2.45, 2.75) is 30.4 Å². The predicted molar refractivity (Wildman–Crippen MR) is 109 cm³/mol. The number of sulfonamides is 1. The van der Waals surface area contributed by atoms with E-state index in [0.717, 1.165) is 11.1 Å². The molecule has 0 aliphatic carbocycles. The summed E-state index contributed by atoms with van der Waals surface area (Å²) in [5, 5.41) is 0. The molecule has 29 heavy (non-hydrogen) atoms. The van der Waals surface area contributed by atoms with Gasteiger partial charge in [0, 0.05) is 26.3 Å². The van der Waals surface area contributed by atoms with Gasteiger partial charge in [-0.05, 0) is 31.5 Å². The molecule has 1 aliphatic rings. The number of ether oxygens (including phenoxy) is 4. The summed E-state index contributed by atoms with van der Waals surface area (Å²) >= 11 is 0. The van der Waals surface area contributed by atoms with Gasteiger partial charge in [0.1, 0.15) is 19.7 Å². The molecule has 8 heteroatoms. The second kappa shape index (κ2) is 9.69. The van der Waals surface area contributed by atoms with Gasteiger partial charge < -0.3 is 18.9 Å². The van der Waals surface area contributed by atoms with E-state index < -0.39 is 16.1 Å². The van der Waals surface area contributed by atoms with E-state index in [1.807, 2.05) is 25.1 Å². The molecule has 0 amide bonds. The Labute approximate surface area is 172 Å². The summed E-state index contributed by atoms with van der Waals surface area (Å²) in [4.78, 5) is 0.253. The Morgan fingerprint density at radius 1 is 0.966 bits per heavy atom. The molecule has 0 saturated carbocycles. The summed E-state index contributed by atoms with van der Waals surface area (Å²) in [6, 6.07) is 14.2. The summed E-state index contributed by atoms with van der Waals surface area (Å²) in [7, 11) is -0.655. The molecular formula is C21H27NO6S. The first-order valence-corrected chi connectivity index (χ1v) is 10.8. The van der Waals surface area contributed by atoms with Crippen LogP contribution in [0.15, 0.2) is 53.4 Å². The first kappa shape index (κ1) is 21.7. The highest BCUT2D eigenvalue weighted by Crippen LogP contribution is 2.39. The molecular weight excluding hydrogens is 394 g/mol. The van der Waals surface area contributed by atoms with E-state index in [1.54, 1.807) is 44.6 Å². The van der Waals surface area contributed by atoms with Gasteiger partial charge in [-0.1, -0.05) is 35.9 Å². The highest BCUT2D eigenvalue weighted by molar-refractivity contribution is 7.92. The molecule has 1 aliphatic heterocycles. The van der Waals surface area contributed by atoms with Gasteiger partial charge in [-0.15, -0.1) is 0 Å². The molecule has 0 radical (unpaired) electrons. The van der Waals surface area contributed by atoms with Crippen LogP contribution in [-0.4, -0.2) is 48.9 Å². The van der Waals surface area contributed by atoms with Crippen molar-refractivity contribution in [2.24, 2.45) is 0 Å². The number of hydrogen-bond acceptors (Lipinski definition) is 6. The Morgan fingerprint density at radius 3 is 2.31 bits per heavy atom. The molecule has 2 atom stereocenters. The maximum absolute atomic E-state index is 13.5. The summed E-state index contributed by atoms with van der Waals surface area (Å²) in [6.45, 7) is 2.34. The van der Waals surface area contributed by atoms with Crippen LogP contribution in [0.5, 0.6) is 0 Å². The largest absolute Gasteiger partial charge is 0.359 e. The Kier molecular flexibility index (Phi) is 7.26. The molecule has 0 bridgehead atoms. The zero-order valence-corrected chi connectivity index (χ0v) is 17.7. The van der Waals surface area contributed by atoms with Crippen LogP contribution in [0, 0.1) is 6.92 Å². The zero-order valence-electron chi connectivity index (χ0n) is 16.9. The molecule has 2 aromatic carbocycles. The average Bonchev–Trinajstić information content (AvgIpc) is 2.88. The van der Waals surface area contributed by atoms with Gasteiger partial charge in [0.15, 0.2) is 0 Å². The Hall–Kier alpha value is -1.97. The second-order valence-electron chi connectivity index (χ2n) is 6.84. The highest BCUT2D eigenvalue weighted by atomic mass is 32.2. The fourth-order valence-corrected chi connectivity index (χ4v) is 4.93. The molecule has 7 nitrogen and oxygen atoms in total. The number of methoxy groups -OCH3 is 2. The topological polar surface area (TPSA) is 74.3 Å². The number of para-hydroxylation sites is 1. The molecule has 1 heterocycles. The fourth-order valence-electron chi connectivity index (χ4n) is 3.42. The molecule has 0 fully saturated rings. The molecule has 0 aromatic heterocycles. The molecule has 0 unspecified atom stereocenters. The minimum absolute atomic E-state index is 0.0660. The average molecular weight is 422 g/mol. The normalized spacial score (nSPS) is 19.6. The Balaban J connectivity index is 2.04. The second-order valence-corrected chi connectivity index (χ2v) is 8.71. The lowest BCUT2D eigenvalue weighted by atomic mass is 10.0. The first-order chi connectivity index (χ1) is 14.0. The lowest BCUT2D eigenvalue weighted by Gasteiger charge is -2.26. The van der Waals surface area contributed by atoms with Crippen LogP contribution in [-0.2, 0) is 29.0 Å². The van der Waals surface area contributed by atoms with E-state index in [2.05, 4.69) is 0 Å². The van der Waals surface area contributed by atoms with Gasteiger partial charge in [0.2, 0.25) is 0 Å². The number of aryl methyl sites for hydroxylation is 1. The van der Waals surface area contributed by atoms with E-state index in [9.17, 15) is 8.42 Å². The lowest BCUT2D eigenvalue weighted by molar-refractivity contribution is -0.159. The van der Waals surface area contributed by atoms with Crippen molar-refractivity contribution in [1.29, 1.82) is 0 Å². The summed E-state index contributed by atoms with van der Waals surface area (Å²) in [6.07, 6.45) is -0.429. The zero-order chi connectivity index (χ0) is 20.9. The predicted octanol–water partition coefficient (Wildman–Crippen LogP) is 3.24. The first-order valence-electron chi connectivity index (χ1n) is 9.38. The minimum atomic E-state index is -3.74. The number of anilines is 1. The Morgan fingerprint density at radius 2 is 1.62 bits per heavy atom. The van der Waals surface area contributed by atoms with E-state index in [1.165, 1.54) is 4.31 Å². The molecule has 2 aromatic rings. The van der Waals surface area contributed by atoms with Crippen molar-refractivity contribution in [3.63, 3.8) is 0 Å². The summed E-state index contributed by atoms with van der Waals surface area (Å²) < 4.78 is 50.2. The van der Waals surface area contributed by atoms with Gasteiger partial charge in [0.05, 0.1) is 16.7 Å². The maximum atomic E-state index is 13.5. The molecule has 0 saturated heterocycles. The smallest absolute Gasteiger partial charge is 0.264 e. The quantitative estimate of drug-likeness (QED) is 0.609. The van der Waals surface area contributed by atoms with E-state index in [0.29, 0.717) is 12.1 Å². The minimum Gasteiger partial charge on any atom is -0.359 e. The molecule has 0 spiro atoms. The van der Waals surface area contributed by atoms with Gasteiger partial charge in [-0.25, -0.2) is 8.42 Å². The van der Waals surface area contributed by atoms with Gasteiger partial charge in [-0.2, -0.15) is 0 Å². The standard InChI is InChI=1S/C21H27NO6S/c1-16-8-10-17(11-9-16)29(23,24)22-13-12-20(27-14-25-2)21(28-15-26-3)18-6-4-5-7-19(18)22/h4-11,20-21H,12-15H2,1-3H3/t20-,21-/m1/s1. The van der Waals surface area contributed by atoms with Crippen LogP contribution in [0.2, 0.25) is 0 Å². The maximum Gasteiger partial charge on any atom is 0.264 e. The third-order valence-corrected chi connectivity index (χ3v) is 6.67. The van der Waals surface area contributed by atoms with Crippen LogP contribution in [0.3, 0.4) is 0 Å². The van der Waals surface area contributed by atoms with Crippen LogP contribution in [0.25, 0.3) is 0 Å². The third-order valence-electron chi connectivity index (χ3n) is 4.84. The molecule has 0 N–H and O–H groups in total. The third kappa shape index (κ3) is 4.79. The van der Waals surface area contributed by atoms with Gasteiger partial charge in [-0.3, -0.25) is 4.31 Å². The highest BCUT2D eigenvalue weighted by Gasteiger charge is 2.36. The monoisotopic (exact) mass is 421 g/mol.